The van der Waals surface area contributed by atoms with Gasteiger partial charge >= 0.3 is 0 Å². The first-order valence-corrected chi connectivity index (χ1v) is 9.64. The monoisotopic (exact) mass is 450 g/mol. The second-order valence-corrected chi connectivity index (χ2v) is 7.32. The Morgan fingerprint density at radius 1 is 1.12 bits per heavy atom. The number of rotatable bonds is 7. The fourth-order valence-electron chi connectivity index (χ4n) is 2.79. The van der Waals surface area contributed by atoms with Crippen molar-refractivity contribution in [3.63, 3.8) is 0 Å². The van der Waals surface area contributed by atoms with E-state index in [1.165, 1.54) is 22.0 Å². The van der Waals surface area contributed by atoms with Gasteiger partial charge < -0.3 is 15.0 Å². The minimum absolute atomic E-state index is 0.652. The number of ether oxygens (including phenoxy) is 1. The summed E-state index contributed by atoms with van der Waals surface area (Å²) < 4.78 is 7.58. The van der Waals surface area contributed by atoms with Gasteiger partial charge in [0.05, 0.1) is 15.6 Å². The van der Waals surface area contributed by atoms with Crippen LogP contribution in [-0.4, -0.2) is 18.1 Å². The Labute approximate surface area is 159 Å². The van der Waals surface area contributed by atoms with Crippen LogP contribution in [0.5, 0.6) is 5.75 Å². The summed E-state index contributed by atoms with van der Waals surface area (Å²) in [4.78, 5) is 3.33. The summed E-state index contributed by atoms with van der Waals surface area (Å²) in [7, 11) is 0. The molecule has 24 heavy (non-hydrogen) atoms. The number of hydrogen-bond acceptors (Lipinski definition) is 2. The quantitative estimate of drug-likeness (QED) is 0.470. The van der Waals surface area contributed by atoms with Gasteiger partial charge in [-0.1, -0.05) is 18.2 Å². The van der Waals surface area contributed by atoms with Crippen LogP contribution in [0.3, 0.4) is 0 Å². The van der Waals surface area contributed by atoms with Gasteiger partial charge in [0.1, 0.15) is 5.75 Å². The van der Waals surface area contributed by atoms with E-state index in [0.29, 0.717) is 6.61 Å². The number of hydrogen-bond donors (Lipinski definition) is 2. The first-order chi connectivity index (χ1) is 11.7. The second-order valence-electron chi connectivity index (χ2n) is 5.61. The van der Waals surface area contributed by atoms with Gasteiger partial charge in [-0.3, -0.25) is 0 Å². The molecule has 1 heterocycles. The van der Waals surface area contributed by atoms with Crippen molar-refractivity contribution in [2.45, 2.75) is 19.9 Å². The molecule has 0 unspecified atom stereocenters. The van der Waals surface area contributed by atoms with Crippen LogP contribution in [0.15, 0.2) is 51.5 Å². The zero-order valence-electron chi connectivity index (χ0n) is 13.5. The number of para-hydroxylation sites is 1. The van der Waals surface area contributed by atoms with Crippen LogP contribution in [0.4, 0.5) is 0 Å². The van der Waals surface area contributed by atoms with Crippen molar-refractivity contribution < 1.29 is 4.74 Å². The number of benzene rings is 2. The fourth-order valence-corrected chi connectivity index (χ4v) is 4.30. The molecular formula is C19H20Br2N2O. The summed E-state index contributed by atoms with van der Waals surface area (Å²) in [5.41, 5.74) is 3.77. The van der Waals surface area contributed by atoms with E-state index >= 15 is 0 Å². The average molecular weight is 452 g/mol. The highest BCUT2D eigenvalue weighted by Gasteiger charge is 2.08. The highest BCUT2D eigenvalue weighted by Crippen LogP contribution is 2.34. The van der Waals surface area contributed by atoms with E-state index in [-0.39, 0.29) is 0 Å². The number of H-pyrrole nitrogens is 1. The van der Waals surface area contributed by atoms with E-state index in [1.54, 1.807) is 0 Å². The normalized spacial score (nSPS) is 11.1. The lowest BCUT2D eigenvalue weighted by atomic mass is 10.1. The summed E-state index contributed by atoms with van der Waals surface area (Å²) in [6.07, 6.45) is 3.11. The Hall–Kier alpha value is -1.30. The molecular weight excluding hydrogens is 432 g/mol. The van der Waals surface area contributed by atoms with Gasteiger partial charge in [-0.05, 0) is 81.1 Å². The zero-order chi connectivity index (χ0) is 16.9. The molecule has 1 aromatic heterocycles. The molecule has 3 aromatic rings. The van der Waals surface area contributed by atoms with Crippen molar-refractivity contribution in [3.8, 4) is 5.75 Å². The number of aromatic nitrogens is 1. The van der Waals surface area contributed by atoms with Crippen LogP contribution in [0, 0.1) is 0 Å². The molecule has 0 spiro atoms. The maximum atomic E-state index is 5.62. The predicted molar refractivity (Wildman–Crippen MR) is 107 cm³/mol. The van der Waals surface area contributed by atoms with Crippen molar-refractivity contribution in [2.24, 2.45) is 0 Å². The molecule has 0 fully saturated rings. The molecule has 0 saturated carbocycles. The molecule has 0 amide bonds. The number of fused-ring (bicyclic) bond motifs is 1. The van der Waals surface area contributed by atoms with Gasteiger partial charge in [-0.2, -0.15) is 0 Å². The summed E-state index contributed by atoms with van der Waals surface area (Å²) in [5, 5.41) is 4.83. The highest BCUT2D eigenvalue weighted by molar-refractivity contribution is 9.11. The summed E-state index contributed by atoms with van der Waals surface area (Å²) >= 11 is 7.16. The number of halogens is 2. The van der Waals surface area contributed by atoms with Gasteiger partial charge in [0, 0.05) is 23.6 Å². The summed E-state index contributed by atoms with van der Waals surface area (Å²) in [5.74, 6) is 0.861. The molecule has 3 rings (SSSR count). The predicted octanol–water partition coefficient (Wildman–Crippen LogP) is 5.42. The van der Waals surface area contributed by atoms with Gasteiger partial charge in [-0.25, -0.2) is 0 Å². The van der Waals surface area contributed by atoms with Gasteiger partial charge in [0.15, 0.2) is 0 Å². The minimum Gasteiger partial charge on any atom is -0.492 e. The SMILES string of the molecule is CCOc1c(Br)cc(CNCCc2c[nH]c3ccccc23)cc1Br. The Morgan fingerprint density at radius 2 is 1.88 bits per heavy atom. The maximum Gasteiger partial charge on any atom is 0.147 e. The van der Waals surface area contributed by atoms with E-state index in [2.05, 4.69) is 84.8 Å². The summed E-state index contributed by atoms with van der Waals surface area (Å²) in [6.45, 7) is 4.40. The van der Waals surface area contributed by atoms with Crippen molar-refractivity contribution in [2.75, 3.05) is 13.2 Å². The van der Waals surface area contributed by atoms with E-state index in [0.717, 1.165) is 34.2 Å². The molecule has 2 aromatic carbocycles. The van der Waals surface area contributed by atoms with Crippen molar-refractivity contribution >= 4 is 42.8 Å². The van der Waals surface area contributed by atoms with E-state index in [1.807, 2.05) is 6.92 Å². The van der Waals surface area contributed by atoms with Crippen molar-refractivity contribution in [1.82, 2.24) is 10.3 Å². The molecule has 3 nitrogen and oxygen atoms in total. The molecule has 2 N–H and O–H groups in total. The molecule has 0 saturated heterocycles. The second kappa shape index (κ2) is 8.19. The highest BCUT2D eigenvalue weighted by atomic mass is 79.9. The molecule has 0 bridgehead atoms. The molecule has 0 radical (unpaired) electrons. The Kier molecular flexibility index (Phi) is 5.98. The fraction of sp³-hybridized carbons (Fsp3) is 0.263. The van der Waals surface area contributed by atoms with Crippen LogP contribution < -0.4 is 10.1 Å². The van der Waals surface area contributed by atoms with E-state index in [4.69, 9.17) is 4.74 Å². The van der Waals surface area contributed by atoms with Crippen LogP contribution in [-0.2, 0) is 13.0 Å². The molecule has 0 atom stereocenters. The molecule has 5 heteroatoms. The standard InChI is InChI=1S/C19H20Br2N2O/c1-2-24-19-16(20)9-13(10-17(19)21)11-22-8-7-14-12-23-18-6-4-3-5-15(14)18/h3-6,9-10,12,22-23H,2,7-8,11H2,1H3. The first-order valence-electron chi connectivity index (χ1n) is 8.05. The lowest BCUT2D eigenvalue weighted by Crippen LogP contribution is -2.16. The zero-order valence-corrected chi connectivity index (χ0v) is 16.7. The third-order valence-corrected chi connectivity index (χ3v) is 5.10. The Morgan fingerprint density at radius 3 is 2.62 bits per heavy atom. The summed E-state index contributed by atoms with van der Waals surface area (Å²) in [6, 6.07) is 12.6. The maximum absolute atomic E-state index is 5.62. The van der Waals surface area contributed by atoms with E-state index < -0.39 is 0 Å². The number of nitrogens with one attached hydrogen (secondary N) is 2. The first kappa shape index (κ1) is 17.5. The lowest BCUT2D eigenvalue weighted by molar-refractivity contribution is 0.336. The minimum atomic E-state index is 0.652. The van der Waals surface area contributed by atoms with E-state index in [9.17, 15) is 0 Å². The van der Waals surface area contributed by atoms with Gasteiger partial charge in [0.2, 0.25) is 0 Å². The Bertz CT molecular complexity index is 806. The third-order valence-electron chi connectivity index (χ3n) is 3.92. The van der Waals surface area contributed by atoms with Crippen LogP contribution in [0.25, 0.3) is 10.9 Å². The van der Waals surface area contributed by atoms with Crippen LogP contribution in [0.1, 0.15) is 18.1 Å². The van der Waals surface area contributed by atoms with Crippen molar-refractivity contribution in [3.05, 3.63) is 62.7 Å². The molecule has 0 aliphatic heterocycles. The molecule has 0 aliphatic rings. The average Bonchev–Trinajstić information content (AvgIpc) is 2.98. The number of aromatic amines is 1. The van der Waals surface area contributed by atoms with Gasteiger partial charge in [-0.15, -0.1) is 0 Å². The molecule has 0 aliphatic carbocycles. The van der Waals surface area contributed by atoms with Crippen LogP contribution >= 0.6 is 31.9 Å². The third kappa shape index (κ3) is 4.02. The van der Waals surface area contributed by atoms with Crippen LogP contribution in [0.2, 0.25) is 0 Å². The Balaban J connectivity index is 1.57. The lowest BCUT2D eigenvalue weighted by Gasteiger charge is -2.11. The van der Waals surface area contributed by atoms with Gasteiger partial charge in [0.25, 0.3) is 0 Å². The van der Waals surface area contributed by atoms with Crippen molar-refractivity contribution in [1.29, 1.82) is 0 Å². The molecule has 126 valence electrons. The smallest absolute Gasteiger partial charge is 0.147 e. The largest absolute Gasteiger partial charge is 0.492 e. The topological polar surface area (TPSA) is 37.0 Å².